The number of hydrogen-bond donors (Lipinski definition) is 0. The van der Waals surface area contributed by atoms with Crippen LogP contribution < -0.4 is 14.9 Å². The van der Waals surface area contributed by atoms with E-state index in [1.165, 1.54) is 10.8 Å². The molecule has 0 N–H and O–H groups in total. The monoisotopic (exact) mass is 449 g/mol. The molecule has 7 heteroatoms. The van der Waals surface area contributed by atoms with Crippen LogP contribution in [0.25, 0.3) is 10.9 Å². The summed E-state index contributed by atoms with van der Waals surface area (Å²) < 4.78 is 40.8. The molecule has 0 fully saturated rings. The van der Waals surface area contributed by atoms with E-state index in [1.54, 1.807) is 55.6 Å². The molecular weight excluding hydrogens is 428 g/mol. The summed E-state index contributed by atoms with van der Waals surface area (Å²) in [5.41, 5.74) is 0.0746. The zero-order valence-corrected chi connectivity index (χ0v) is 18.1. The van der Waals surface area contributed by atoms with Crippen molar-refractivity contribution in [3.63, 3.8) is 0 Å². The fourth-order valence-electron chi connectivity index (χ4n) is 3.69. The Balaban J connectivity index is 1.85. The molecule has 168 valence electrons. The van der Waals surface area contributed by atoms with E-state index in [9.17, 15) is 18.4 Å². The molecule has 3 aromatic carbocycles. The van der Waals surface area contributed by atoms with Crippen molar-refractivity contribution in [2.24, 2.45) is 0 Å². The van der Waals surface area contributed by atoms with Crippen LogP contribution in [0.4, 0.5) is 8.78 Å². The highest BCUT2D eigenvalue weighted by molar-refractivity contribution is 6.10. The molecule has 4 aromatic rings. The third-order valence-corrected chi connectivity index (χ3v) is 5.27. The summed E-state index contributed by atoms with van der Waals surface area (Å²) in [5, 5.41) is -0.196. The lowest BCUT2D eigenvalue weighted by Gasteiger charge is -2.15. The van der Waals surface area contributed by atoms with Crippen molar-refractivity contribution in [2.45, 2.75) is 13.5 Å². The first kappa shape index (κ1) is 22.2. The fraction of sp³-hybridized carbons (Fsp3) is 0.154. The van der Waals surface area contributed by atoms with Gasteiger partial charge < -0.3 is 14.0 Å². The molecule has 0 spiro atoms. The Bertz CT molecular complexity index is 1380. The number of ketones is 1. The van der Waals surface area contributed by atoms with Crippen molar-refractivity contribution >= 4 is 16.7 Å². The van der Waals surface area contributed by atoms with Gasteiger partial charge in [-0.15, -0.1) is 0 Å². The SMILES string of the molecule is CCOc1ccc(C(=O)c2cn(Cc3ccc(OC)cc3)c3c(F)cc(F)cc3c2=O)cc1. The maximum Gasteiger partial charge on any atom is 0.200 e. The van der Waals surface area contributed by atoms with Gasteiger partial charge in [0, 0.05) is 24.4 Å². The number of aromatic nitrogens is 1. The second-order valence-electron chi connectivity index (χ2n) is 7.42. The van der Waals surface area contributed by atoms with Crippen LogP contribution in [-0.4, -0.2) is 24.1 Å². The molecule has 0 atom stereocenters. The van der Waals surface area contributed by atoms with Crippen molar-refractivity contribution in [1.82, 2.24) is 4.57 Å². The van der Waals surface area contributed by atoms with Gasteiger partial charge in [0.1, 0.15) is 17.3 Å². The van der Waals surface area contributed by atoms with Crippen LogP contribution >= 0.6 is 0 Å². The van der Waals surface area contributed by atoms with E-state index in [2.05, 4.69) is 0 Å². The number of pyridine rings is 1. The Kier molecular flexibility index (Phi) is 6.22. The van der Waals surface area contributed by atoms with Gasteiger partial charge in [-0.3, -0.25) is 9.59 Å². The number of ether oxygens (including phenoxy) is 2. The lowest BCUT2D eigenvalue weighted by molar-refractivity contribution is 0.103. The Morgan fingerprint density at radius 3 is 2.27 bits per heavy atom. The summed E-state index contributed by atoms with van der Waals surface area (Å²) in [6.07, 6.45) is 1.33. The van der Waals surface area contributed by atoms with E-state index >= 15 is 0 Å². The molecule has 0 bridgehead atoms. The Morgan fingerprint density at radius 2 is 1.64 bits per heavy atom. The number of methoxy groups -OCH3 is 1. The van der Waals surface area contributed by atoms with E-state index in [-0.39, 0.29) is 28.6 Å². The molecule has 0 saturated heterocycles. The Morgan fingerprint density at radius 1 is 0.970 bits per heavy atom. The molecule has 0 unspecified atom stereocenters. The van der Waals surface area contributed by atoms with Gasteiger partial charge in [0.15, 0.2) is 11.6 Å². The third kappa shape index (κ3) is 4.48. The zero-order valence-electron chi connectivity index (χ0n) is 18.1. The minimum absolute atomic E-state index is 0.0690. The van der Waals surface area contributed by atoms with Crippen molar-refractivity contribution in [3.05, 3.63) is 105 Å². The molecule has 1 aromatic heterocycles. The maximum atomic E-state index is 14.8. The molecule has 4 rings (SSSR count). The van der Waals surface area contributed by atoms with E-state index in [1.807, 2.05) is 6.92 Å². The Labute approximate surface area is 188 Å². The number of nitrogens with zero attached hydrogens (tertiary/aromatic N) is 1. The molecular formula is C26H21F2NO4. The van der Waals surface area contributed by atoms with Crippen molar-refractivity contribution in [1.29, 1.82) is 0 Å². The normalized spacial score (nSPS) is 10.9. The first-order valence-electron chi connectivity index (χ1n) is 10.3. The minimum Gasteiger partial charge on any atom is -0.497 e. The first-order chi connectivity index (χ1) is 15.9. The summed E-state index contributed by atoms with van der Waals surface area (Å²) in [6.45, 7) is 2.48. The molecule has 5 nitrogen and oxygen atoms in total. The summed E-state index contributed by atoms with van der Waals surface area (Å²) in [5.74, 6) is -1.07. The van der Waals surface area contributed by atoms with Crippen LogP contribution in [0.2, 0.25) is 0 Å². The van der Waals surface area contributed by atoms with Gasteiger partial charge in [0.05, 0.1) is 30.2 Å². The summed E-state index contributed by atoms with van der Waals surface area (Å²) in [4.78, 5) is 26.3. The van der Waals surface area contributed by atoms with Gasteiger partial charge in [-0.2, -0.15) is 0 Å². The topological polar surface area (TPSA) is 57.5 Å². The number of benzene rings is 3. The van der Waals surface area contributed by atoms with Crippen LogP contribution in [0.15, 0.2) is 71.7 Å². The lowest BCUT2D eigenvalue weighted by atomic mass is 10.0. The van der Waals surface area contributed by atoms with Crippen molar-refractivity contribution < 1.29 is 23.0 Å². The molecule has 0 aliphatic carbocycles. The number of carbonyl (C=O) groups excluding carboxylic acids is 1. The standard InChI is InChI=1S/C26H21F2NO4/c1-3-33-20-10-6-17(7-11-20)25(30)22-15-29(14-16-4-8-19(32-2)9-5-16)24-21(26(22)31)12-18(27)13-23(24)28/h4-13,15H,3,14H2,1-2H3. The minimum atomic E-state index is -0.890. The molecule has 0 aliphatic rings. The van der Waals surface area contributed by atoms with Gasteiger partial charge in [-0.05, 0) is 55.0 Å². The largest absolute Gasteiger partial charge is 0.497 e. The van der Waals surface area contributed by atoms with Crippen molar-refractivity contribution in [3.8, 4) is 11.5 Å². The second kappa shape index (κ2) is 9.24. The highest BCUT2D eigenvalue weighted by atomic mass is 19.1. The number of fused-ring (bicyclic) bond motifs is 1. The van der Waals surface area contributed by atoms with E-state index in [0.717, 1.165) is 17.7 Å². The first-order valence-corrected chi connectivity index (χ1v) is 10.3. The zero-order chi connectivity index (χ0) is 23.5. The lowest BCUT2D eigenvalue weighted by Crippen LogP contribution is -2.21. The summed E-state index contributed by atoms with van der Waals surface area (Å²) in [7, 11) is 1.55. The average Bonchev–Trinajstić information content (AvgIpc) is 2.81. The van der Waals surface area contributed by atoms with Gasteiger partial charge in [0.25, 0.3) is 0 Å². The maximum absolute atomic E-state index is 14.8. The predicted molar refractivity (Wildman–Crippen MR) is 121 cm³/mol. The van der Waals surface area contributed by atoms with Gasteiger partial charge in [-0.1, -0.05) is 12.1 Å². The van der Waals surface area contributed by atoms with Crippen molar-refractivity contribution in [2.75, 3.05) is 13.7 Å². The Hall–Kier alpha value is -4.00. The summed E-state index contributed by atoms with van der Waals surface area (Å²) in [6, 6.07) is 15.1. The molecule has 0 saturated carbocycles. The summed E-state index contributed by atoms with van der Waals surface area (Å²) >= 11 is 0. The quantitative estimate of drug-likeness (QED) is 0.374. The number of carbonyl (C=O) groups is 1. The highest BCUT2D eigenvalue weighted by Crippen LogP contribution is 2.22. The van der Waals surface area contributed by atoms with Gasteiger partial charge >= 0.3 is 0 Å². The highest BCUT2D eigenvalue weighted by Gasteiger charge is 2.20. The number of hydrogen-bond acceptors (Lipinski definition) is 4. The van der Waals surface area contributed by atoms with Crippen LogP contribution in [0.5, 0.6) is 11.5 Å². The van der Waals surface area contributed by atoms with Crippen LogP contribution in [-0.2, 0) is 6.54 Å². The van der Waals surface area contributed by atoms with E-state index in [0.29, 0.717) is 18.1 Å². The van der Waals surface area contributed by atoms with Crippen LogP contribution in [0.1, 0.15) is 28.4 Å². The third-order valence-electron chi connectivity index (χ3n) is 5.27. The number of rotatable bonds is 7. The van der Waals surface area contributed by atoms with Gasteiger partial charge in [-0.25, -0.2) is 8.78 Å². The van der Waals surface area contributed by atoms with Gasteiger partial charge in [0.2, 0.25) is 5.43 Å². The molecule has 0 amide bonds. The second-order valence-corrected chi connectivity index (χ2v) is 7.42. The molecule has 0 aliphatic heterocycles. The molecule has 0 radical (unpaired) electrons. The fourth-order valence-corrected chi connectivity index (χ4v) is 3.69. The van der Waals surface area contributed by atoms with Crippen LogP contribution in [0, 0.1) is 11.6 Å². The smallest absolute Gasteiger partial charge is 0.200 e. The molecule has 1 heterocycles. The van der Waals surface area contributed by atoms with Crippen LogP contribution in [0.3, 0.4) is 0 Å². The van der Waals surface area contributed by atoms with E-state index < -0.39 is 22.8 Å². The number of halogens is 2. The molecule has 33 heavy (non-hydrogen) atoms. The van der Waals surface area contributed by atoms with E-state index in [4.69, 9.17) is 9.47 Å². The average molecular weight is 449 g/mol. The predicted octanol–water partition coefficient (Wildman–Crippen LogP) is 4.97.